The SMILES string of the molecule is F/C=C/CS. The van der Waals surface area contributed by atoms with E-state index in [0.717, 1.165) is 0 Å². The summed E-state index contributed by atoms with van der Waals surface area (Å²) >= 11 is 3.67. The number of halogens is 1. The maximum Gasteiger partial charge on any atom is 0.0835 e. The van der Waals surface area contributed by atoms with E-state index >= 15 is 0 Å². The quantitative estimate of drug-likeness (QED) is 0.464. The van der Waals surface area contributed by atoms with Crippen molar-refractivity contribution in [2.75, 3.05) is 5.75 Å². The molecule has 0 aliphatic heterocycles. The fraction of sp³-hybridized carbons (Fsp3) is 0.333. The molecular formula is C3H5FS. The third-order valence-electron chi connectivity index (χ3n) is 0.194. The molecule has 30 valence electrons. The molecule has 0 N–H and O–H groups in total. The van der Waals surface area contributed by atoms with Gasteiger partial charge in [-0.15, -0.1) is 0 Å². The van der Waals surface area contributed by atoms with Crippen molar-refractivity contribution in [1.29, 1.82) is 0 Å². The third kappa shape index (κ3) is 4.02. The molecule has 0 aliphatic rings. The molecule has 0 aromatic rings. The highest BCUT2D eigenvalue weighted by molar-refractivity contribution is 7.80. The van der Waals surface area contributed by atoms with E-state index in [0.29, 0.717) is 12.1 Å². The first-order chi connectivity index (χ1) is 2.41. The monoisotopic (exact) mass is 92.0 g/mol. The molecular weight excluding hydrogens is 87.1 g/mol. The zero-order chi connectivity index (χ0) is 4.12. The molecule has 0 fully saturated rings. The molecule has 5 heavy (non-hydrogen) atoms. The second-order valence-corrected chi connectivity index (χ2v) is 0.909. The predicted molar refractivity (Wildman–Crippen MR) is 24.1 cm³/mol. The van der Waals surface area contributed by atoms with E-state index < -0.39 is 0 Å². The van der Waals surface area contributed by atoms with Gasteiger partial charge in [0.05, 0.1) is 6.33 Å². The van der Waals surface area contributed by atoms with Gasteiger partial charge in [-0.3, -0.25) is 0 Å². The predicted octanol–water partition coefficient (Wildman–Crippen LogP) is 1.40. The molecule has 0 saturated carbocycles. The zero-order valence-electron chi connectivity index (χ0n) is 2.69. The second kappa shape index (κ2) is 4.02. The van der Waals surface area contributed by atoms with E-state index in [-0.39, 0.29) is 0 Å². The van der Waals surface area contributed by atoms with Crippen LogP contribution in [0.2, 0.25) is 0 Å². The molecule has 2 heteroatoms. The van der Waals surface area contributed by atoms with Crippen LogP contribution in [0.3, 0.4) is 0 Å². The van der Waals surface area contributed by atoms with Crippen LogP contribution in [0, 0.1) is 0 Å². The lowest BCUT2D eigenvalue weighted by atomic mass is 10.7. The molecule has 0 aliphatic carbocycles. The first kappa shape index (κ1) is 5.02. The van der Waals surface area contributed by atoms with Gasteiger partial charge in [-0.05, 0) is 6.08 Å². The van der Waals surface area contributed by atoms with Gasteiger partial charge < -0.3 is 0 Å². The van der Waals surface area contributed by atoms with Crippen LogP contribution in [0.15, 0.2) is 12.4 Å². The summed E-state index contributed by atoms with van der Waals surface area (Å²) in [7, 11) is 0. The van der Waals surface area contributed by atoms with Gasteiger partial charge in [-0.1, -0.05) is 0 Å². The number of rotatable bonds is 1. The highest BCUT2D eigenvalue weighted by atomic mass is 32.1. The molecule has 0 heterocycles. The van der Waals surface area contributed by atoms with Crippen molar-refractivity contribution in [2.45, 2.75) is 0 Å². The third-order valence-corrected chi connectivity index (χ3v) is 0.405. The Labute approximate surface area is 36.1 Å². The van der Waals surface area contributed by atoms with Gasteiger partial charge in [0.2, 0.25) is 0 Å². The van der Waals surface area contributed by atoms with Gasteiger partial charge in [0, 0.05) is 5.75 Å². The summed E-state index contributed by atoms with van der Waals surface area (Å²) < 4.78 is 10.8. The van der Waals surface area contributed by atoms with E-state index in [9.17, 15) is 4.39 Å². The summed E-state index contributed by atoms with van der Waals surface area (Å²) in [4.78, 5) is 0. The van der Waals surface area contributed by atoms with Crippen LogP contribution >= 0.6 is 12.6 Å². The molecule has 0 radical (unpaired) electrons. The van der Waals surface area contributed by atoms with Crippen molar-refractivity contribution in [1.82, 2.24) is 0 Å². The molecule has 0 rings (SSSR count). The molecule has 0 bridgehead atoms. The summed E-state index contributed by atoms with van der Waals surface area (Å²) in [6.07, 6.45) is 1.80. The minimum atomic E-state index is 0.479. The molecule has 0 aromatic carbocycles. The summed E-state index contributed by atoms with van der Waals surface area (Å²) in [5.41, 5.74) is 0. The Balaban J connectivity index is 2.62. The lowest BCUT2D eigenvalue weighted by Crippen LogP contribution is -1.50. The van der Waals surface area contributed by atoms with Crippen LogP contribution in [-0.2, 0) is 0 Å². The summed E-state index contributed by atoms with van der Waals surface area (Å²) in [5, 5.41) is 0. The standard InChI is InChI=1S/C3H5FS/c4-2-1-3-5/h1-2,5H,3H2/b2-1+. The summed E-state index contributed by atoms with van der Waals surface area (Å²) in [6.45, 7) is 0. The molecule has 0 spiro atoms. The normalized spacial score (nSPS) is 10.0. The van der Waals surface area contributed by atoms with Crippen molar-refractivity contribution in [3.63, 3.8) is 0 Å². The molecule has 0 aromatic heterocycles. The Kier molecular flexibility index (Phi) is 4.04. The van der Waals surface area contributed by atoms with Gasteiger partial charge in [0.15, 0.2) is 0 Å². The summed E-state index contributed by atoms with van der Waals surface area (Å²) in [6, 6.07) is 0. The van der Waals surface area contributed by atoms with Crippen LogP contribution in [0.25, 0.3) is 0 Å². The summed E-state index contributed by atoms with van der Waals surface area (Å²) in [5.74, 6) is 0.483. The van der Waals surface area contributed by atoms with Crippen molar-refractivity contribution in [2.24, 2.45) is 0 Å². The Hall–Kier alpha value is 0.0200. The average molecular weight is 92.1 g/mol. The Bertz CT molecular complexity index is 33.9. The van der Waals surface area contributed by atoms with E-state index in [1.165, 1.54) is 6.08 Å². The minimum absolute atomic E-state index is 0.479. The molecule has 0 nitrogen and oxygen atoms in total. The Morgan fingerprint density at radius 1 is 1.80 bits per heavy atom. The highest BCUT2D eigenvalue weighted by Gasteiger charge is 1.55. The van der Waals surface area contributed by atoms with E-state index in [4.69, 9.17) is 0 Å². The van der Waals surface area contributed by atoms with Gasteiger partial charge in [-0.2, -0.15) is 12.6 Å². The first-order valence-electron chi connectivity index (χ1n) is 1.28. The van der Waals surface area contributed by atoms with Crippen molar-refractivity contribution < 1.29 is 4.39 Å². The molecule has 0 unspecified atom stereocenters. The number of thiol groups is 1. The second-order valence-electron chi connectivity index (χ2n) is 0.544. The highest BCUT2D eigenvalue weighted by Crippen LogP contribution is 1.74. The lowest BCUT2D eigenvalue weighted by molar-refractivity contribution is 0.719. The van der Waals surface area contributed by atoms with Gasteiger partial charge >= 0.3 is 0 Å². The van der Waals surface area contributed by atoms with Gasteiger partial charge in [0.25, 0.3) is 0 Å². The first-order valence-corrected chi connectivity index (χ1v) is 1.91. The maximum atomic E-state index is 10.8. The van der Waals surface area contributed by atoms with Gasteiger partial charge in [-0.25, -0.2) is 4.39 Å². The molecule has 0 atom stereocenters. The topological polar surface area (TPSA) is 0 Å². The van der Waals surface area contributed by atoms with Crippen LogP contribution < -0.4 is 0 Å². The van der Waals surface area contributed by atoms with Crippen LogP contribution in [-0.4, -0.2) is 5.75 Å². The smallest absolute Gasteiger partial charge is 0.0835 e. The number of hydrogen-bond donors (Lipinski definition) is 1. The minimum Gasteiger partial charge on any atom is -0.216 e. The number of hydrogen-bond acceptors (Lipinski definition) is 1. The van der Waals surface area contributed by atoms with Crippen molar-refractivity contribution in [3.8, 4) is 0 Å². The molecule has 0 saturated heterocycles. The lowest BCUT2D eigenvalue weighted by Gasteiger charge is -1.62. The van der Waals surface area contributed by atoms with E-state index in [2.05, 4.69) is 12.6 Å². The Morgan fingerprint density at radius 3 is 2.40 bits per heavy atom. The van der Waals surface area contributed by atoms with Gasteiger partial charge in [0.1, 0.15) is 0 Å². The van der Waals surface area contributed by atoms with E-state index in [1.54, 1.807) is 0 Å². The van der Waals surface area contributed by atoms with Crippen LogP contribution in [0.1, 0.15) is 0 Å². The van der Waals surface area contributed by atoms with Crippen LogP contribution in [0.4, 0.5) is 4.39 Å². The molecule has 0 amide bonds. The average Bonchev–Trinajstić information content (AvgIpc) is 1.41. The zero-order valence-corrected chi connectivity index (χ0v) is 3.58. The Morgan fingerprint density at radius 2 is 2.40 bits per heavy atom. The van der Waals surface area contributed by atoms with Crippen molar-refractivity contribution >= 4 is 12.6 Å². The van der Waals surface area contributed by atoms with Crippen molar-refractivity contribution in [3.05, 3.63) is 12.4 Å². The van der Waals surface area contributed by atoms with E-state index in [1.807, 2.05) is 0 Å². The largest absolute Gasteiger partial charge is 0.216 e. The fourth-order valence-corrected chi connectivity index (χ4v) is 0.120. The van der Waals surface area contributed by atoms with Crippen LogP contribution in [0.5, 0.6) is 0 Å². The fourth-order valence-electron chi connectivity index (χ4n) is 0.0398. The maximum absolute atomic E-state index is 10.8.